The van der Waals surface area contributed by atoms with Crippen LogP contribution in [0.1, 0.15) is 31.7 Å². The summed E-state index contributed by atoms with van der Waals surface area (Å²) < 4.78 is 59.2. The van der Waals surface area contributed by atoms with E-state index in [1.807, 2.05) is 6.07 Å². The Labute approximate surface area is 151 Å². The molecule has 0 saturated carbocycles. The van der Waals surface area contributed by atoms with Gasteiger partial charge >= 0.3 is 50.1 Å². The average molecular weight is 417 g/mol. The Morgan fingerprint density at radius 2 is 1.12 bits per heavy atom. The number of rotatable bonds is 1. The Balaban J connectivity index is -0.000000122. The minimum absolute atomic E-state index is 0. The van der Waals surface area contributed by atoms with Crippen molar-refractivity contribution in [1.29, 1.82) is 0 Å². The molecule has 0 N–H and O–H groups in total. The van der Waals surface area contributed by atoms with E-state index in [1.54, 1.807) is 0 Å². The van der Waals surface area contributed by atoms with Crippen LogP contribution >= 0.6 is 7.81 Å². The zero-order chi connectivity index (χ0) is 16.6. The van der Waals surface area contributed by atoms with E-state index in [1.165, 1.54) is 5.56 Å². The molecular formula is C16H24F6FeP. The maximum absolute atomic E-state index is 10.7. The molecule has 0 fully saturated rings. The van der Waals surface area contributed by atoms with Crippen molar-refractivity contribution in [3.8, 4) is 0 Å². The Morgan fingerprint density at radius 3 is 1.29 bits per heavy atom. The SMILES string of the molecule is C1=CCC=C1.CC(C)c1ccccc1.F[P-](F)(F)(F)(F)F.[CH3-].[CH3-].[Fe+3]. The van der Waals surface area contributed by atoms with Crippen LogP contribution in [0.5, 0.6) is 0 Å². The maximum atomic E-state index is 9.87. The van der Waals surface area contributed by atoms with Crippen molar-refractivity contribution >= 4 is 7.81 Å². The Kier molecular flexibility index (Phi) is 14.2. The van der Waals surface area contributed by atoms with Crippen LogP contribution < -0.4 is 0 Å². The van der Waals surface area contributed by atoms with E-state index in [4.69, 9.17) is 0 Å². The summed E-state index contributed by atoms with van der Waals surface area (Å²) in [4.78, 5) is 0. The molecule has 1 aromatic rings. The second-order valence-electron chi connectivity index (χ2n) is 4.62. The summed E-state index contributed by atoms with van der Waals surface area (Å²) in [6.07, 6.45) is 9.50. The van der Waals surface area contributed by atoms with Crippen LogP contribution in [-0.2, 0) is 17.1 Å². The number of allylic oxidation sites excluding steroid dienone is 4. The fourth-order valence-electron chi connectivity index (χ4n) is 1.23. The normalized spacial score (nSPS) is 14.2. The average Bonchev–Trinajstić information content (AvgIpc) is 2.84. The first-order valence-corrected chi connectivity index (χ1v) is 8.21. The van der Waals surface area contributed by atoms with E-state index >= 15 is 0 Å². The van der Waals surface area contributed by atoms with Crippen LogP contribution in [0.25, 0.3) is 0 Å². The molecule has 8 heteroatoms. The van der Waals surface area contributed by atoms with E-state index in [0.29, 0.717) is 5.92 Å². The maximum Gasteiger partial charge on any atom is 3.00 e. The second kappa shape index (κ2) is 11.0. The smallest absolute Gasteiger partial charge is 0.358 e. The number of benzene rings is 1. The molecule has 0 amide bonds. The summed E-state index contributed by atoms with van der Waals surface area (Å²) in [7, 11) is -10.7. The third-order valence-electron chi connectivity index (χ3n) is 2.12. The molecule has 0 nitrogen and oxygen atoms in total. The Hall–Kier alpha value is -0.771. The molecular weight excluding hydrogens is 393 g/mol. The van der Waals surface area contributed by atoms with Gasteiger partial charge in [-0.1, -0.05) is 68.5 Å². The van der Waals surface area contributed by atoms with Gasteiger partial charge in [-0.3, -0.25) is 0 Å². The fourth-order valence-corrected chi connectivity index (χ4v) is 1.23. The molecule has 0 aromatic heterocycles. The van der Waals surface area contributed by atoms with Gasteiger partial charge in [0, 0.05) is 0 Å². The van der Waals surface area contributed by atoms with Crippen LogP contribution in [0.15, 0.2) is 54.6 Å². The monoisotopic (exact) mass is 417 g/mol. The Bertz CT molecular complexity index is 456. The predicted molar refractivity (Wildman–Crippen MR) is 89.8 cm³/mol. The van der Waals surface area contributed by atoms with Gasteiger partial charge in [0.15, 0.2) is 0 Å². The first-order valence-electron chi connectivity index (χ1n) is 6.18. The molecule has 2 rings (SSSR count). The van der Waals surface area contributed by atoms with Crippen LogP contribution in [0.2, 0.25) is 0 Å². The van der Waals surface area contributed by atoms with Crippen molar-refractivity contribution < 1.29 is 42.3 Å². The molecule has 1 aliphatic rings. The van der Waals surface area contributed by atoms with Crippen molar-refractivity contribution in [2.24, 2.45) is 0 Å². The van der Waals surface area contributed by atoms with E-state index in [0.717, 1.165) is 6.42 Å². The molecule has 0 saturated heterocycles. The van der Waals surface area contributed by atoms with Crippen molar-refractivity contribution in [2.75, 3.05) is 0 Å². The van der Waals surface area contributed by atoms with Crippen molar-refractivity contribution in [2.45, 2.75) is 26.2 Å². The van der Waals surface area contributed by atoms with Gasteiger partial charge in [-0.05, 0) is 17.9 Å². The number of hydrogen-bond donors (Lipinski definition) is 0. The van der Waals surface area contributed by atoms with Crippen LogP contribution in [0.4, 0.5) is 25.2 Å². The topological polar surface area (TPSA) is 0 Å². The van der Waals surface area contributed by atoms with Gasteiger partial charge in [0.2, 0.25) is 0 Å². The van der Waals surface area contributed by atoms with Gasteiger partial charge in [-0.25, -0.2) is 0 Å². The molecule has 1 aromatic carbocycles. The number of hydrogen-bond acceptors (Lipinski definition) is 0. The minimum Gasteiger partial charge on any atom is -0.358 e. The summed E-state index contributed by atoms with van der Waals surface area (Å²) >= 11 is 0. The van der Waals surface area contributed by atoms with Gasteiger partial charge in [0.05, 0.1) is 0 Å². The van der Waals surface area contributed by atoms with Crippen LogP contribution in [0, 0.1) is 14.9 Å². The molecule has 0 spiro atoms. The largest absolute Gasteiger partial charge is 3.00 e. The van der Waals surface area contributed by atoms with Gasteiger partial charge in [0.1, 0.15) is 0 Å². The standard InChI is InChI=1S/C9H12.C5H6.2CH3.F6P.Fe/c1-8(2)9-6-4-3-5-7-9;1-2-4-5-3-1;;;1-7(2,3,4,5)6;/h3-8H,1-2H3;1-4H,5H2;2*1H3;;/q;;3*-1;+3. The van der Waals surface area contributed by atoms with Crippen LogP contribution in [-0.4, -0.2) is 0 Å². The first kappa shape index (κ1) is 31.0. The van der Waals surface area contributed by atoms with Crippen molar-refractivity contribution in [3.63, 3.8) is 0 Å². The predicted octanol–water partition coefficient (Wildman–Crippen LogP) is 8.59. The fraction of sp³-hybridized carbons (Fsp3) is 0.250. The molecule has 24 heavy (non-hydrogen) atoms. The van der Waals surface area contributed by atoms with E-state index in [9.17, 15) is 25.2 Å². The third-order valence-corrected chi connectivity index (χ3v) is 2.12. The molecule has 0 aliphatic heterocycles. The van der Waals surface area contributed by atoms with E-state index in [-0.39, 0.29) is 31.9 Å². The van der Waals surface area contributed by atoms with Gasteiger partial charge in [-0.15, -0.1) is 0 Å². The summed E-state index contributed by atoms with van der Waals surface area (Å²) in [5.41, 5.74) is 1.41. The van der Waals surface area contributed by atoms with E-state index in [2.05, 4.69) is 62.4 Å². The molecule has 0 bridgehead atoms. The second-order valence-corrected chi connectivity index (χ2v) is 6.53. The molecule has 0 atom stereocenters. The van der Waals surface area contributed by atoms with Gasteiger partial charge in [0.25, 0.3) is 0 Å². The minimum atomic E-state index is -10.7. The molecule has 0 unspecified atom stereocenters. The summed E-state index contributed by atoms with van der Waals surface area (Å²) in [5.74, 6) is 0.659. The Morgan fingerprint density at radius 1 is 0.792 bits per heavy atom. The summed E-state index contributed by atoms with van der Waals surface area (Å²) in [6.45, 7) is 4.41. The summed E-state index contributed by atoms with van der Waals surface area (Å²) in [5, 5.41) is 0. The quantitative estimate of drug-likeness (QED) is 0.186. The number of halogens is 6. The molecule has 143 valence electrons. The zero-order valence-corrected chi connectivity index (χ0v) is 16.0. The van der Waals surface area contributed by atoms with Gasteiger partial charge in [-0.2, -0.15) is 0 Å². The van der Waals surface area contributed by atoms with Gasteiger partial charge < -0.3 is 14.9 Å². The molecule has 1 radical (unpaired) electrons. The zero-order valence-electron chi connectivity index (χ0n) is 14.0. The van der Waals surface area contributed by atoms with E-state index < -0.39 is 7.81 Å². The van der Waals surface area contributed by atoms with Crippen molar-refractivity contribution in [1.82, 2.24) is 0 Å². The van der Waals surface area contributed by atoms with Crippen LogP contribution in [0.3, 0.4) is 0 Å². The van der Waals surface area contributed by atoms with Crippen molar-refractivity contribution in [3.05, 3.63) is 75.1 Å². The molecule has 1 aliphatic carbocycles. The summed E-state index contributed by atoms with van der Waals surface area (Å²) in [6, 6.07) is 10.5. The third kappa shape index (κ3) is 33.0. The molecule has 0 heterocycles. The first-order chi connectivity index (χ1) is 9.25.